The molecule has 0 amide bonds. The number of benzene rings is 2. The van der Waals surface area contributed by atoms with E-state index < -0.39 is 0 Å². The van der Waals surface area contributed by atoms with Gasteiger partial charge >= 0.3 is 0 Å². The average Bonchev–Trinajstić information content (AvgIpc) is 2.53. The summed E-state index contributed by atoms with van der Waals surface area (Å²) < 4.78 is 0. The Hall–Kier alpha value is -1.27. The molecule has 0 N–H and O–H groups in total. The van der Waals surface area contributed by atoms with Gasteiger partial charge in [0.25, 0.3) is 0 Å². The van der Waals surface area contributed by atoms with E-state index in [-0.39, 0.29) is 5.38 Å². The van der Waals surface area contributed by atoms with E-state index in [0.717, 1.165) is 12.8 Å². The average molecular weight is 301 g/mol. The van der Waals surface area contributed by atoms with E-state index in [4.69, 9.17) is 11.6 Å². The van der Waals surface area contributed by atoms with Crippen LogP contribution in [0.5, 0.6) is 0 Å². The highest BCUT2D eigenvalue weighted by atomic mass is 35.5. The summed E-state index contributed by atoms with van der Waals surface area (Å²) in [6.45, 7) is 2.24. The summed E-state index contributed by atoms with van der Waals surface area (Å²) >= 11 is 6.50. The van der Waals surface area contributed by atoms with Crippen LogP contribution in [0.3, 0.4) is 0 Å². The zero-order valence-corrected chi connectivity index (χ0v) is 13.7. The summed E-state index contributed by atoms with van der Waals surface area (Å²) in [5, 5.41) is 0.160. The summed E-state index contributed by atoms with van der Waals surface area (Å²) in [6.07, 6.45) is 7.20. The molecule has 2 rings (SSSR count). The first-order valence-electron chi connectivity index (χ1n) is 8.06. The molecule has 0 fully saturated rings. The van der Waals surface area contributed by atoms with Gasteiger partial charge in [0.1, 0.15) is 0 Å². The second kappa shape index (κ2) is 8.89. The van der Waals surface area contributed by atoms with Crippen molar-refractivity contribution in [1.82, 2.24) is 0 Å². The minimum absolute atomic E-state index is 0.160. The Kier molecular flexibility index (Phi) is 6.82. The van der Waals surface area contributed by atoms with Crippen LogP contribution in [0.1, 0.15) is 61.1 Å². The van der Waals surface area contributed by atoms with Crippen LogP contribution in [0.25, 0.3) is 0 Å². The minimum atomic E-state index is 0.160. The molecular weight excluding hydrogens is 276 g/mol. The highest BCUT2D eigenvalue weighted by Crippen LogP contribution is 2.27. The van der Waals surface area contributed by atoms with Gasteiger partial charge in [-0.3, -0.25) is 0 Å². The van der Waals surface area contributed by atoms with Gasteiger partial charge in [-0.1, -0.05) is 87.2 Å². The number of alkyl halides is 1. The van der Waals surface area contributed by atoms with E-state index in [2.05, 4.69) is 61.5 Å². The zero-order valence-electron chi connectivity index (χ0n) is 12.9. The van der Waals surface area contributed by atoms with Crippen molar-refractivity contribution in [1.29, 1.82) is 0 Å². The first-order valence-corrected chi connectivity index (χ1v) is 8.50. The van der Waals surface area contributed by atoms with Gasteiger partial charge in [0.15, 0.2) is 0 Å². The minimum Gasteiger partial charge on any atom is -0.118 e. The lowest BCUT2D eigenvalue weighted by molar-refractivity contribution is 0.624. The summed E-state index contributed by atoms with van der Waals surface area (Å²) in [4.78, 5) is 0. The molecule has 0 saturated carbocycles. The van der Waals surface area contributed by atoms with Crippen LogP contribution < -0.4 is 0 Å². The molecule has 2 aromatic rings. The Bertz CT molecular complexity index is 501. The van der Waals surface area contributed by atoms with Crippen molar-refractivity contribution >= 4 is 11.6 Å². The van der Waals surface area contributed by atoms with E-state index >= 15 is 0 Å². The molecule has 1 heteroatoms. The Labute approximate surface area is 134 Å². The van der Waals surface area contributed by atoms with Crippen molar-refractivity contribution in [2.45, 2.75) is 50.8 Å². The fourth-order valence-electron chi connectivity index (χ4n) is 2.59. The van der Waals surface area contributed by atoms with Gasteiger partial charge in [0, 0.05) is 0 Å². The van der Waals surface area contributed by atoms with E-state index in [9.17, 15) is 0 Å². The van der Waals surface area contributed by atoms with Crippen LogP contribution in [0.2, 0.25) is 0 Å². The molecule has 0 radical (unpaired) electrons. The SMILES string of the molecule is CCCCCCC(Cl)c1ccc(Cc2ccccc2)cc1. The van der Waals surface area contributed by atoms with Gasteiger partial charge in [-0.2, -0.15) is 0 Å². The molecule has 0 aromatic heterocycles. The molecule has 0 heterocycles. The third-order valence-electron chi connectivity index (χ3n) is 3.90. The lowest BCUT2D eigenvalue weighted by Crippen LogP contribution is -1.93. The van der Waals surface area contributed by atoms with Crippen molar-refractivity contribution in [3.8, 4) is 0 Å². The molecule has 0 saturated heterocycles. The van der Waals surface area contributed by atoms with E-state index in [1.54, 1.807) is 0 Å². The Morgan fingerprint density at radius 1 is 0.810 bits per heavy atom. The highest BCUT2D eigenvalue weighted by Gasteiger charge is 2.07. The third kappa shape index (κ3) is 5.55. The topological polar surface area (TPSA) is 0 Å². The number of rotatable bonds is 8. The third-order valence-corrected chi connectivity index (χ3v) is 4.37. The Morgan fingerprint density at radius 2 is 1.48 bits per heavy atom. The van der Waals surface area contributed by atoms with Crippen molar-refractivity contribution in [2.75, 3.05) is 0 Å². The lowest BCUT2D eigenvalue weighted by Gasteiger charge is -2.10. The van der Waals surface area contributed by atoms with Crippen LogP contribution in [-0.2, 0) is 6.42 Å². The molecule has 0 bridgehead atoms. The second-order valence-electron chi connectivity index (χ2n) is 5.72. The first-order chi connectivity index (χ1) is 10.3. The van der Waals surface area contributed by atoms with Gasteiger partial charge in [0.05, 0.1) is 5.38 Å². The fourth-order valence-corrected chi connectivity index (χ4v) is 2.89. The number of hydrogen-bond donors (Lipinski definition) is 0. The molecule has 21 heavy (non-hydrogen) atoms. The molecule has 0 aliphatic heterocycles. The lowest BCUT2D eigenvalue weighted by atomic mass is 10.0. The van der Waals surface area contributed by atoms with E-state index in [1.807, 2.05) is 0 Å². The zero-order chi connectivity index (χ0) is 14.9. The maximum Gasteiger partial charge on any atom is 0.0585 e. The van der Waals surface area contributed by atoms with Gasteiger partial charge in [-0.15, -0.1) is 11.6 Å². The van der Waals surface area contributed by atoms with E-state index in [0.29, 0.717) is 0 Å². The van der Waals surface area contributed by atoms with Gasteiger partial charge in [0.2, 0.25) is 0 Å². The van der Waals surface area contributed by atoms with Gasteiger partial charge < -0.3 is 0 Å². The van der Waals surface area contributed by atoms with E-state index in [1.165, 1.54) is 42.4 Å². The Morgan fingerprint density at radius 3 is 2.14 bits per heavy atom. The summed E-state index contributed by atoms with van der Waals surface area (Å²) in [7, 11) is 0. The maximum absolute atomic E-state index is 6.50. The summed E-state index contributed by atoms with van der Waals surface area (Å²) in [5.74, 6) is 0. The fraction of sp³-hybridized carbons (Fsp3) is 0.400. The molecule has 1 unspecified atom stereocenters. The second-order valence-corrected chi connectivity index (χ2v) is 6.25. The van der Waals surface area contributed by atoms with Crippen LogP contribution in [0.15, 0.2) is 54.6 Å². The predicted octanol–water partition coefficient (Wildman–Crippen LogP) is 6.53. The van der Waals surface area contributed by atoms with Crippen molar-refractivity contribution in [2.24, 2.45) is 0 Å². The predicted molar refractivity (Wildman–Crippen MR) is 93.0 cm³/mol. The van der Waals surface area contributed by atoms with Crippen LogP contribution in [0, 0.1) is 0 Å². The maximum atomic E-state index is 6.50. The number of unbranched alkanes of at least 4 members (excludes halogenated alkanes) is 3. The molecule has 2 aromatic carbocycles. The van der Waals surface area contributed by atoms with Crippen molar-refractivity contribution < 1.29 is 0 Å². The van der Waals surface area contributed by atoms with Crippen molar-refractivity contribution in [3.05, 3.63) is 71.3 Å². The number of hydrogen-bond acceptors (Lipinski definition) is 0. The van der Waals surface area contributed by atoms with Gasteiger partial charge in [-0.05, 0) is 29.5 Å². The molecule has 1 atom stereocenters. The number of halogens is 1. The molecule has 0 aliphatic carbocycles. The highest BCUT2D eigenvalue weighted by molar-refractivity contribution is 6.20. The summed E-state index contributed by atoms with van der Waals surface area (Å²) in [6, 6.07) is 19.4. The molecular formula is C20H25Cl. The molecule has 0 nitrogen and oxygen atoms in total. The van der Waals surface area contributed by atoms with Crippen LogP contribution >= 0.6 is 11.6 Å². The smallest absolute Gasteiger partial charge is 0.0585 e. The first kappa shape index (κ1) is 16.1. The van der Waals surface area contributed by atoms with Crippen LogP contribution in [-0.4, -0.2) is 0 Å². The monoisotopic (exact) mass is 300 g/mol. The molecule has 0 spiro atoms. The van der Waals surface area contributed by atoms with Gasteiger partial charge in [-0.25, -0.2) is 0 Å². The quantitative estimate of drug-likeness (QED) is 0.384. The van der Waals surface area contributed by atoms with Crippen LogP contribution in [0.4, 0.5) is 0 Å². The normalized spacial score (nSPS) is 12.3. The summed E-state index contributed by atoms with van der Waals surface area (Å²) in [5.41, 5.74) is 3.96. The molecule has 112 valence electrons. The van der Waals surface area contributed by atoms with Crippen molar-refractivity contribution in [3.63, 3.8) is 0 Å². The molecule has 0 aliphatic rings. The Balaban J connectivity index is 1.86. The largest absolute Gasteiger partial charge is 0.118 e. The standard InChI is InChI=1S/C20H25Cl/c1-2-3-4-8-11-20(21)19-14-12-18(13-15-19)16-17-9-6-5-7-10-17/h5-7,9-10,12-15,20H,2-4,8,11,16H2,1H3.